The van der Waals surface area contributed by atoms with Gasteiger partial charge in [0.15, 0.2) is 0 Å². The fraction of sp³-hybridized carbons (Fsp3) is 0.286. The Morgan fingerprint density at radius 3 is 2.17 bits per heavy atom. The van der Waals surface area contributed by atoms with E-state index in [1.165, 1.54) is 0 Å². The van der Waals surface area contributed by atoms with Crippen LogP contribution >= 0.6 is 31.9 Å². The number of rotatable bonds is 8. The zero-order valence-corrected chi connectivity index (χ0v) is 19.9. The second kappa shape index (κ2) is 10.6. The number of carboxylic acid groups (broad SMARTS) is 1. The van der Waals surface area contributed by atoms with Crippen molar-refractivity contribution in [3.05, 3.63) is 50.4 Å². The molecule has 0 spiro atoms. The summed E-state index contributed by atoms with van der Waals surface area (Å²) in [7, 11) is 0. The number of hydrogen-bond acceptors (Lipinski definition) is 4. The van der Waals surface area contributed by atoms with Crippen LogP contribution in [0, 0.1) is 12.8 Å². The minimum Gasteiger partial charge on any atom is -0.487 e. The predicted octanol–water partition coefficient (Wildman–Crippen LogP) is 5.11. The zero-order valence-electron chi connectivity index (χ0n) is 16.7. The number of anilines is 2. The Hall–Kier alpha value is -2.39. The molecule has 0 aliphatic rings. The topological polar surface area (TPSA) is 105 Å². The normalized spacial score (nSPS) is 10.6. The van der Waals surface area contributed by atoms with E-state index in [4.69, 9.17) is 9.84 Å². The molecule has 160 valence electrons. The number of nitrogens with one attached hydrogen (secondary N) is 2. The zero-order chi connectivity index (χ0) is 22.4. The van der Waals surface area contributed by atoms with E-state index < -0.39 is 18.3 Å². The number of carbonyl (C=O) groups excluding carboxylic acids is 2. The van der Waals surface area contributed by atoms with Crippen LogP contribution in [0.5, 0.6) is 5.75 Å². The fourth-order valence-corrected chi connectivity index (χ4v) is 3.99. The molecule has 0 aliphatic carbocycles. The SMILES string of the molecule is Cc1cc(COc2c(Br)cc(NC(=O)CC(=O)O)cc2Br)cc(NC(=O)C(C)C)c1. The lowest BCUT2D eigenvalue weighted by atomic mass is 10.1. The number of amides is 2. The molecule has 0 radical (unpaired) electrons. The van der Waals surface area contributed by atoms with E-state index in [9.17, 15) is 14.4 Å². The fourth-order valence-electron chi connectivity index (χ4n) is 2.57. The maximum atomic E-state index is 12.0. The van der Waals surface area contributed by atoms with Crippen LogP contribution in [0.1, 0.15) is 31.4 Å². The maximum absolute atomic E-state index is 12.0. The second-order valence-corrected chi connectivity index (χ2v) is 8.74. The molecule has 0 aliphatic heterocycles. The molecule has 0 atom stereocenters. The minimum absolute atomic E-state index is 0.0570. The van der Waals surface area contributed by atoms with Crippen molar-refractivity contribution in [1.29, 1.82) is 0 Å². The number of carboxylic acids is 1. The van der Waals surface area contributed by atoms with Crippen LogP contribution < -0.4 is 15.4 Å². The largest absolute Gasteiger partial charge is 0.487 e. The molecule has 0 unspecified atom stereocenters. The first-order valence-corrected chi connectivity index (χ1v) is 10.7. The summed E-state index contributed by atoms with van der Waals surface area (Å²) >= 11 is 6.82. The van der Waals surface area contributed by atoms with Crippen molar-refractivity contribution in [3.63, 3.8) is 0 Å². The van der Waals surface area contributed by atoms with E-state index in [0.717, 1.165) is 11.1 Å². The van der Waals surface area contributed by atoms with E-state index in [1.807, 2.05) is 39.0 Å². The molecule has 2 aromatic rings. The lowest BCUT2D eigenvalue weighted by Gasteiger charge is -2.14. The highest BCUT2D eigenvalue weighted by Crippen LogP contribution is 2.37. The third kappa shape index (κ3) is 7.14. The third-order valence-electron chi connectivity index (χ3n) is 3.91. The van der Waals surface area contributed by atoms with Crippen molar-refractivity contribution in [3.8, 4) is 5.75 Å². The summed E-state index contributed by atoms with van der Waals surface area (Å²) in [5.41, 5.74) is 3.01. The highest BCUT2D eigenvalue weighted by molar-refractivity contribution is 9.11. The highest BCUT2D eigenvalue weighted by Gasteiger charge is 2.14. The summed E-state index contributed by atoms with van der Waals surface area (Å²) in [5, 5.41) is 14.1. The van der Waals surface area contributed by atoms with Crippen molar-refractivity contribution in [2.75, 3.05) is 10.6 Å². The van der Waals surface area contributed by atoms with Crippen LogP contribution in [-0.2, 0) is 21.0 Å². The standard InChI is InChI=1S/C21H22Br2N2O5/c1-11(2)21(29)25-14-5-12(3)4-13(6-14)10-30-20-16(22)7-15(8-17(20)23)24-18(26)9-19(27)28/h4-8,11H,9-10H2,1-3H3,(H,24,26)(H,25,29)(H,27,28). The molecule has 0 aromatic heterocycles. The van der Waals surface area contributed by atoms with E-state index in [0.29, 0.717) is 26.1 Å². The molecule has 0 fully saturated rings. The van der Waals surface area contributed by atoms with E-state index in [-0.39, 0.29) is 18.4 Å². The first-order valence-electron chi connectivity index (χ1n) is 9.10. The summed E-state index contributed by atoms with van der Waals surface area (Å²) in [6.45, 7) is 5.86. The summed E-state index contributed by atoms with van der Waals surface area (Å²) in [6, 6.07) is 8.97. The molecule has 2 rings (SSSR count). The first-order chi connectivity index (χ1) is 14.0. The Labute approximate surface area is 191 Å². The van der Waals surface area contributed by atoms with Crippen LogP contribution in [0.4, 0.5) is 11.4 Å². The van der Waals surface area contributed by atoms with Crippen LogP contribution in [0.2, 0.25) is 0 Å². The van der Waals surface area contributed by atoms with Gasteiger partial charge in [-0.15, -0.1) is 0 Å². The molecule has 2 aromatic carbocycles. The number of benzene rings is 2. The van der Waals surface area contributed by atoms with Crippen molar-refractivity contribution in [2.24, 2.45) is 5.92 Å². The number of halogens is 2. The van der Waals surface area contributed by atoms with Crippen LogP contribution in [0.15, 0.2) is 39.3 Å². The summed E-state index contributed by atoms with van der Waals surface area (Å²) in [6.07, 6.45) is -0.615. The van der Waals surface area contributed by atoms with Gasteiger partial charge in [-0.05, 0) is 74.2 Å². The Bertz CT molecular complexity index is 953. The van der Waals surface area contributed by atoms with Gasteiger partial charge in [0.2, 0.25) is 11.8 Å². The van der Waals surface area contributed by atoms with Gasteiger partial charge in [-0.3, -0.25) is 14.4 Å². The van der Waals surface area contributed by atoms with Crippen LogP contribution in [0.3, 0.4) is 0 Å². The van der Waals surface area contributed by atoms with Gasteiger partial charge in [-0.2, -0.15) is 0 Å². The Kier molecular flexibility index (Phi) is 8.43. The van der Waals surface area contributed by atoms with Crippen LogP contribution in [-0.4, -0.2) is 22.9 Å². The Morgan fingerprint density at radius 2 is 1.60 bits per heavy atom. The Balaban J connectivity index is 2.12. The lowest BCUT2D eigenvalue weighted by molar-refractivity contribution is -0.139. The van der Waals surface area contributed by atoms with E-state index >= 15 is 0 Å². The molecule has 9 heteroatoms. The quantitative estimate of drug-likeness (QED) is 0.403. The molecule has 0 saturated carbocycles. The first kappa shape index (κ1) is 23.9. The molecule has 0 saturated heterocycles. The molecule has 0 bridgehead atoms. The number of aliphatic carboxylic acids is 1. The molecule has 0 heterocycles. The molecule has 3 N–H and O–H groups in total. The van der Waals surface area contributed by atoms with Crippen molar-refractivity contribution in [1.82, 2.24) is 0 Å². The van der Waals surface area contributed by atoms with Gasteiger partial charge in [-0.1, -0.05) is 19.9 Å². The predicted molar refractivity (Wildman–Crippen MR) is 122 cm³/mol. The second-order valence-electron chi connectivity index (χ2n) is 7.03. The van der Waals surface area contributed by atoms with Gasteiger partial charge in [0.1, 0.15) is 18.8 Å². The van der Waals surface area contributed by atoms with Gasteiger partial charge in [-0.25, -0.2) is 0 Å². The third-order valence-corrected chi connectivity index (χ3v) is 5.08. The summed E-state index contributed by atoms with van der Waals surface area (Å²) < 4.78 is 7.10. The number of aryl methyl sites for hydroxylation is 1. The molecule has 7 nitrogen and oxygen atoms in total. The van der Waals surface area contributed by atoms with Crippen molar-refractivity contribution < 1.29 is 24.2 Å². The monoisotopic (exact) mass is 540 g/mol. The summed E-state index contributed by atoms with van der Waals surface area (Å²) in [4.78, 5) is 34.2. The van der Waals surface area contributed by atoms with E-state index in [2.05, 4.69) is 42.5 Å². The van der Waals surface area contributed by atoms with E-state index in [1.54, 1.807) is 12.1 Å². The van der Waals surface area contributed by atoms with Crippen LogP contribution in [0.25, 0.3) is 0 Å². The maximum Gasteiger partial charge on any atom is 0.312 e. The highest BCUT2D eigenvalue weighted by atomic mass is 79.9. The van der Waals surface area contributed by atoms with Crippen molar-refractivity contribution >= 4 is 61.0 Å². The molecule has 30 heavy (non-hydrogen) atoms. The smallest absolute Gasteiger partial charge is 0.312 e. The van der Waals surface area contributed by atoms with Gasteiger partial charge in [0, 0.05) is 17.3 Å². The van der Waals surface area contributed by atoms with Crippen molar-refractivity contribution in [2.45, 2.75) is 33.8 Å². The number of ether oxygens (including phenoxy) is 1. The molecular formula is C21H22Br2N2O5. The van der Waals surface area contributed by atoms with Gasteiger partial charge < -0.3 is 20.5 Å². The minimum atomic E-state index is -1.20. The average molecular weight is 542 g/mol. The molecule has 2 amide bonds. The lowest BCUT2D eigenvalue weighted by Crippen LogP contribution is -2.18. The van der Waals surface area contributed by atoms with Gasteiger partial charge in [0.25, 0.3) is 0 Å². The number of hydrogen-bond donors (Lipinski definition) is 3. The Morgan fingerprint density at radius 1 is 1.00 bits per heavy atom. The average Bonchev–Trinajstić information content (AvgIpc) is 2.59. The molecular weight excluding hydrogens is 520 g/mol. The van der Waals surface area contributed by atoms with Gasteiger partial charge >= 0.3 is 5.97 Å². The number of carbonyl (C=O) groups is 3. The van der Waals surface area contributed by atoms with Gasteiger partial charge in [0.05, 0.1) is 8.95 Å². The summed E-state index contributed by atoms with van der Waals surface area (Å²) in [5.74, 6) is -1.47.